The van der Waals surface area contributed by atoms with Crippen molar-refractivity contribution < 1.29 is 17.9 Å². The second kappa shape index (κ2) is 9.48. The second-order valence-electron chi connectivity index (χ2n) is 5.97. The van der Waals surface area contributed by atoms with Gasteiger partial charge in [0.25, 0.3) is 16.0 Å². The van der Waals surface area contributed by atoms with E-state index in [1.54, 1.807) is 6.92 Å². The lowest BCUT2D eigenvalue weighted by Gasteiger charge is -2.17. The zero-order valence-electron chi connectivity index (χ0n) is 15.7. The summed E-state index contributed by atoms with van der Waals surface area (Å²) in [6.07, 6.45) is 2.23. The van der Waals surface area contributed by atoms with Crippen molar-refractivity contribution in [2.24, 2.45) is 0 Å². The molecule has 0 saturated heterocycles. The number of anilines is 2. The molecule has 0 aliphatic heterocycles. The summed E-state index contributed by atoms with van der Waals surface area (Å²) in [6, 6.07) is 2.97. The highest BCUT2D eigenvalue weighted by molar-refractivity contribution is 8.01. The van der Waals surface area contributed by atoms with Crippen LogP contribution in [0.3, 0.4) is 0 Å². The number of thioether (sulfide) groups is 1. The molecule has 0 radical (unpaired) electrons. The molecule has 0 aliphatic carbocycles. The van der Waals surface area contributed by atoms with Gasteiger partial charge in [-0.05, 0) is 31.0 Å². The van der Waals surface area contributed by atoms with Crippen molar-refractivity contribution in [2.75, 3.05) is 17.6 Å². The molecule has 0 aliphatic rings. The van der Waals surface area contributed by atoms with Crippen molar-refractivity contribution in [1.82, 2.24) is 15.2 Å². The number of sulfonamides is 1. The average molecular weight is 448 g/mol. The van der Waals surface area contributed by atoms with E-state index in [1.165, 1.54) is 19.2 Å². The molecule has 4 N–H and O–H groups in total. The smallest absolute Gasteiger partial charge is 0.319 e. The number of hydrogen-bond donors (Lipinski definition) is 3. The molecule has 0 unspecified atom stereocenters. The maximum absolute atomic E-state index is 12.9. The molecule has 0 fully saturated rings. The van der Waals surface area contributed by atoms with Gasteiger partial charge in [-0.15, -0.1) is 16.9 Å². The molecule has 1 aromatic carbocycles. The first-order chi connectivity index (χ1) is 13.2. The lowest BCUT2D eigenvalue weighted by molar-refractivity contribution is -0.140. The number of nitrogens with two attached hydrogens (primary N) is 1. The van der Waals surface area contributed by atoms with Crippen LogP contribution >= 0.6 is 23.4 Å². The van der Waals surface area contributed by atoms with Crippen LogP contribution in [0.15, 0.2) is 21.9 Å². The van der Waals surface area contributed by atoms with E-state index in [1.807, 2.05) is 6.92 Å². The average Bonchev–Trinajstić information content (AvgIpc) is 3.04. The molecule has 28 heavy (non-hydrogen) atoms. The molecule has 0 bridgehead atoms. The summed E-state index contributed by atoms with van der Waals surface area (Å²) < 4.78 is 33.0. The normalized spacial score (nSPS) is 12.6. The quantitative estimate of drug-likeness (QED) is 0.393. The van der Waals surface area contributed by atoms with Gasteiger partial charge in [0.15, 0.2) is 0 Å². The SMILES string of the molecule is CCCC[C@H](Sc1cc(Cl)c(C)cc1S(=O)(=O)Nc1n[nH]c(N)n1)C(=O)OC. The summed E-state index contributed by atoms with van der Waals surface area (Å²) >= 11 is 7.31. The van der Waals surface area contributed by atoms with Gasteiger partial charge in [0, 0.05) is 9.92 Å². The fraction of sp³-hybridized carbons (Fsp3) is 0.438. The van der Waals surface area contributed by atoms with Crippen LogP contribution in [-0.4, -0.2) is 41.9 Å². The summed E-state index contributed by atoms with van der Waals surface area (Å²) in [5.41, 5.74) is 6.01. The second-order valence-corrected chi connectivity index (χ2v) is 9.27. The number of hydrogen-bond acceptors (Lipinski definition) is 8. The number of aryl methyl sites for hydroxylation is 1. The number of rotatable bonds is 9. The van der Waals surface area contributed by atoms with E-state index < -0.39 is 21.2 Å². The van der Waals surface area contributed by atoms with Crippen molar-refractivity contribution >= 4 is 51.3 Å². The van der Waals surface area contributed by atoms with E-state index in [0.29, 0.717) is 21.9 Å². The number of carbonyl (C=O) groups excluding carboxylic acids is 1. The first-order valence-corrected chi connectivity index (χ1v) is 11.2. The van der Waals surface area contributed by atoms with Crippen LogP contribution in [0.1, 0.15) is 31.7 Å². The van der Waals surface area contributed by atoms with Crippen LogP contribution in [0.2, 0.25) is 5.02 Å². The van der Waals surface area contributed by atoms with Crippen molar-refractivity contribution in [1.29, 1.82) is 0 Å². The van der Waals surface area contributed by atoms with Crippen LogP contribution in [-0.2, 0) is 19.6 Å². The maximum atomic E-state index is 12.9. The highest BCUT2D eigenvalue weighted by Gasteiger charge is 2.27. The third-order valence-electron chi connectivity index (χ3n) is 3.80. The predicted molar refractivity (Wildman–Crippen MR) is 109 cm³/mol. The molecule has 9 nitrogen and oxygen atoms in total. The van der Waals surface area contributed by atoms with Crippen molar-refractivity contribution in [2.45, 2.75) is 48.2 Å². The lowest BCUT2D eigenvalue weighted by Crippen LogP contribution is -2.20. The van der Waals surface area contributed by atoms with Gasteiger partial charge in [-0.1, -0.05) is 31.4 Å². The molecule has 154 valence electrons. The van der Waals surface area contributed by atoms with E-state index in [9.17, 15) is 13.2 Å². The molecule has 12 heteroatoms. The molecular formula is C16H22ClN5O4S2. The van der Waals surface area contributed by atoms with Gasteiger partial charge >= 0.3 is 5.97 Å². The number of nitrogens with one attached hydrogen (secondary N) is 2. The van der Waals surface area contributed by atoms with E-state index in [4.69, 9.17) is 22.1 Å². The van der Waals surface area contributed by atoms with Crippen molar-refractivity contribution in [3.63, 3.8) is 0 Å². The predicted octanol–water partition coefficient (Wildman–Crippen LogP) is 2.97. The lowest BCUT2D eigenvalue weighted by atomic mass is 10.2. The fourth-order valence-corrected chi connectivity index (χ4v) is 5.28. The Labute approximate surface area is 172 Å². The number of esters is 1. The van der Waals surface area contributed by atoms with E-state index in [-0.39, 0.29) is 16.8 Å². The fourth-order valence-electron chi connectivity index (χ4n) is 2.33. The zero-order valence-corrected chi connectivity index (χ0v) is 18.0. The number of nitrogens with zero attached hydrogens (tertiary/aromatic N) is 2. The van der Waals surface area contributed by atoms with E-state index in [2.05, 4.69) is 19.9 Å². The molecule has 1 heterocycles. The Kier molecular flexibility index (Phi) is 7.55. The number of methoxy groups -OCH3 is 1. The number of aromatic amines is 1. The monoisotopic (exact) mass is 447 g/mol. The number of halogens is 1. The molecule has 1 atom stereocenters. The summed E-state index contributed by atoms with van der Waals surface area (Å²) in [6.45, 7) is 3.69. The van der Waals surface area contributed by atoms with Crippen LogP contribution in [0.5, 0.6) is 0 Å². The molecule has 1 aromatic heterocycles. The Hall–Kier alpha value is -1.98. The molecule has 2 rings (SSSR count). The minimum Gasteiger partial charge on any atom is -0.468 e. The van der Waals surface area contributed by atoms with Gasteiger partial charge in [-0.3, -0.25) is 4.79 Å². The van der Waals surface area contributed by atoms with E-state index >= 15 is 0 Å². The third-order valence-corrected chi connectivity index (χ3v) is 7.00. The van der Waals surface area contributed by atoms with Crippen molar-refractivity contribution in [3.05, 3.63) is 22.7 Å². The van der Waals surface area contributed by atoms with Crippen molar-refractivity contribution in [3.8, 4) is 0 Å². The Balaban J connectivity index is 2.43. The van der Waals surface area contributed by atoms with Gasteiger partial charge in [0.05, 0.1) is 7.11 Å². The maximum Gasteiger partial charge on any atom is 0.319 e. The number of benzene rings is 1. The van der Waals surface area contributed by atoms with Crippen LogP contribution in [0, 0.1) is 6.92 Å². The zero-order chi connectivity index (χ0) is 20.9. The summed E-state index contributed by atoms with van der Waals surface area (Å²) in [5, 5.41) is 5.87. The van der Waals surface area contributed by atoms with Gasteiger partial charge < -0.3 is 10.5 Å². The molecule has 0 spiro atoms. The molecule has 0 amide bonds. The minimum absolute atomic E-state index is 0.0232. The number of aromatic nitrogens is 3. The Morgan fingerprint density at radius 3 is 2.75 bits per heavy atom. The molecule has 2 aromatic rings. The Morgan fingerprint density at radius 1 is 1.46 bits per heavy atom. The van der Waals surface area contributed by atoms with Crippen LogP contribution in [0.4, 0.5) is 11.9 Å². The number of H-pyrrole nitrogens is 1. The topological polar surface area (TPSA) is 140 Å². The number of ether oxygens (including phenoxy) is 1. The molecule has 0 saturated carbocycles. The van der Waals surface area contributed by atoms with Gasteiger partial charge in [-0.2, -0.15) is 4.98 Å². The van der Waals surface area contributed by atoms with Crippen LogP contribution < -0.4 is 10.5 Å². The standard InChI is InChI=1S/C16H22ClN5O4S2/c1-4-5-6-11(14(23)26-3)27-12-8-10(17)9(2)7-13(12)28(24,25)22-16-19-15(18)20-21-16/h7-8,11H,4-6H2,1-3H3,(H4,18,19,20,21,22)/t11-/m0/s1. The first-order valence-electron chi connectivity index (χ1n) is 8.43. The van der Waals surface area contributed by atoms with Gasteiger partial charge in [0.1, 0.15) is 10.1 Å². The van der Waals surface area contributed by atoms with Gasteiger partial charge in [0.2, 0.25) is 5.95 Å². The number of carbonyl (C=O) groups is 1. The Morgan fingerprint density at radius 2 is 2.18 bits per heavy atom. The summed E-state index contributed by atoms with van der Waals surface area (Å²) in [5.74, 6) is -0.630. The largest absolute Gasteiger partial charge is 0.468 e. The summed E-state index contributed by atoms with van der Waals surface area (Å²) in [7, 11) is -2.75. The highest BCUT2D eigenvalue weighted by Crippen LogP contribution is 2.36. The molecular weight excluding hydrogens is 426 g/mol. The van der Waals surface area contributed by atoms with Gasteiger partial charge in [-0.25, -0.2) is 18.2 Å². The first kappa shape index (κ1) is 22.3. The Bertz CT molecular complexity index is 949. The highest BCUT2D eigenvalue weighted by atomic mass is 35.5. The van der Waals surface area contributed by atoms with Crippen LogP contribution in [0.25, 0.3) is 0 Å². The van der Waals surface area contributed by atoms with E-state index in [0.717, 1.165) is 24.6 Å². The summed E-state index contributed by atoms with van der Waals surface area (Å²) in [4.78, 5) is 16.2. The number of unbranched alkanes of at least 4 members (excludes halogenated alkanes) is 1. The third kappa shape index (κ3) is 5.52. The minimum atomic E-state index is -4.05. The number of nitrogen functional groups attached to an aromatic ring is 1.